The first-order chi connectivity index (χ1) is 6.06. The maximum atomic E-state index is 9.57. The standard InChI is InChI=1S/C11H24O2/c1-9(2)8-11(13)5-4-10(3)6-7-12/h9-13H,4-8H2,1-3H3. The van der Waals surface area contributed by atoms with Gasteiger partial charge in [-0.15, -0.1) is 0 Å². The van der Waals surface area contributed by atoms with Crippen LogP contribution in [0.3, 0.4) is 0 Å². The minimum atomic E-state index is -0.152. The molecular formula is C11H24O2. The molecule has 13 heavy (non-hydrogen) atoms. The van der Waals surface area contributed by atoms with Crippen molar-refractivity contribution in [2.24, 2.45) is 11.8 Å². The van der Waals surface area contributed by atoms with Crippen molar-refractivity contribution >= 4 is 0 Å². The van der Waals surface area contributed by atoms with Gasteiger partial charge in [-0.25, -0.2) is 0 Å². The Morgan fingerprint density at radius 1 is 1.00 bits per heavy atom. The summed E-state index contributed by atoms with van der Waals surface area (Å²) in [5, 5.41) is 18.3. The molecule has 0 aliphatic heterocycles. The third-order valence-electron chi connectivity index (χ3n) is 2.36. The summed E-state index contributed by atoms with van der Waals surface area (Å²) in [6, 6.07) is 0. The zero-order valence-corrected chi connectivity index (χ0v) is 9.16. The van der Waals surface area contributed by atoms with Crippen LogP contribution in [0, 0.1) is 11.8 Å². The molecule has 2 unspecified atom stereocenters. The van der Waals surface area contributed by atoms with Crippen LogP contribution in [-0.2, 0) is 0 Å². The highest BCUT2D eigenvalue weighted by molar-refractivity contribution is 4.61. The molecule has 0 aliphatic carbocycles. The highest BCUT2D eigenvalue weighted by Crippen LogP contribution is 2.15. The van der Waals surface area contributed by atoms with Crippen LogP contribution in [-0.4, -0.2) is 22.9 Å². The van der Waals surface area contributed by atoms with E-state index in [4.69, 9.17) is 5.11 Å². The monoisotopic (exact) mass is 188 g/mol. The minimum Gasteiger partial charge on any atom is -0.396 e. The third kappa shape index (κ3) is 8.26. The van der Waals surface area contributed by atoms with Crippen molar-refractivity contribution in [1.82, 2.24) is 0 Å². The van der Waals surface area contributed by atoms with Crippen LogP contribution in [0.1, 0.15) is 46.5 Å². The first kappa shape index (κ1) is 12.9. The Labute approximate surface area is 82.0 Å². The van der Waals surface area contributed by atoms with Gasteiger partial charge in [-0.3, -0.25) is 0 Å². The topological polar surface area (TPSA) is 40.5 Å². The molecular weight excluding hydrogens is 164 g/mol. The maximum Gasteiger partial charge on any atom is 0.0542 e. The van der Waals surface area contributed by atoms with E-state index in [9.17, 15) is 5.11 Å². The summed E-state index contributed by atoms with van der Waals surface area (Å²) < 4.78 is 0. The number of hydrogen-bond acceptors (Lipinski definition) is 2. The van der Waals surface area contributed by atoms with E-state index in [-0.39, 0.29) is 12.7 Å². The molecule has 0 aromatic rings. The van der Waals surface area contributed by atoms with Crippen molar-refractivity contribution < 1.29 is 10.2 Å². The van der Waals surface area contributed by atoms with E-state index in [1.54, 1.807) is 0 Å². The Morgan fingerprint density at radius 2 is 1.62 bits per heavy atom. The van der Waals surface area contributed by atoms with E-state index in [2.05, 4.69) is 20.8 Å². The molecule has 0 aliphatic rings. The van der Waals surface area contributed by atoms with Crippen LogP contribution in [0.15, 0.2) is 0 Å². The summed E-state index contributed by atoms with van der Waals surface area (Å²) >= 11 is 0. The highest BCUT2D eigenvalue weighted by atomic mass is 16.3. The van der Waals surface area contributed by atoms with E-state index in [0.29, 0.717) is 11.8 Å². The molecule has 0 fully saturated rings. The van der Waals surface area contributed by atoms with Crippen molar-refractivity contribution in [3.05, 3.63) is 0 Å². The van der Waals surface area contributed by atoms with Crippen molar-refractivity contribution in [1.29, 1.82) is 0 Å². The largest absolute Gasteiger partial charge is 0.396 e. The molecule has 0 saturated heterocycles. The van der Waals surface area contributed by atoms with Crippen LogP contribution in [0.2, 0.25) is 0 Å². The van der Waals surface area contributed by atoms with E-state index in [1.807, 2.05) is 0 Å². The molecule has 0 bridgehead atoms. The van der Waals surface area contributed by atoms with E-state index in [1.165, 1.54) is 0 Å². The first-order valence-corrected chi connectivity index (χ1v) is 5.35. The molecule has 2 nitrogen and oxygen atoms in total. The van der Waals surface area contributed by atoms with Gasteiger partial charge in [0.25, 0.3) is 0 Å². The molecule has 0 spiro atoms. The van der Waals surface area contributed by atoms with Crippen LogP contribution in [0.25, 0.3) is 0 Å². The van der Waals surface area contributed by atoms with E-state index < -0.39 is 0 Å². The molecule has 0 heterocycles. The lowest BCUT2D eigenvalue weighted by Gasteiger charge is -2.15. The zero-order chi connectivity index (χ0) is 10.3. The molecule has 0 amide bonds. The summed E-state index contributed by atoms with van der Waals surface area (Å²) in [7, 11) is 0. The van der Waals surface area contributed by atoms with Gasteiger partial charge in [-0.1, -0.05) is 20.8 Å². The number of rotatable bonds is 7. The van der Waals surface area contributed by atoms with E-state index in [0.717, 1.165) is 25.7 Å². The Balaban J connectivity index is 3.40. The number of aliphatic hydroxyl groups is 2. The second-order valence-corrected chi connectivity index (χ2v) is 4.48. The minimum absolute atomic E-state index is 0.152. The summed E-state index contributed by atoms with van der Waals surface area (Å²) in [6.07, 6.45) is 3.50. The van der Waals surface area contributed by atoms with Crippen LogP contribution in [0.5, 0.6) is 0 Å². The molecule has 80 valence electrons. The quantitative estimate of drug-likeness (QED) is 0.643. The smallest absolute Gasteiger partial charge is 0.0542 e. The van der Waals surface area contributed by atoms with Crippen LogP contribution in [0.4, 0.5) is 0 Å². The average Bonchev–Trinajstić information content (AvgIpc) is 2.00. The summed E-state index contributed by atoms with van der Waals surface area (Å²) in [5.41, 5.74) is 0. The Bertz CT molecular complexity index is 113. The van der Waals surface area contributed by atoms with Gasteiger partial charge in [0, 0.05) is 6.61 Å². The molecule has 2 N–H and O–H groups in total. The SMILES string of the molecule is CC(C)CC(O)CCC(C)CCO. The average molecular weight is 188 g/mol. The third-order valence-corrected chi connectivity index (χ3v) is 2.36. The van der Waals surface area contributed by atoms with Gasteiger partial charge in [0.2, 0.25) is 0 Å². The molecule has 0 radical (unpaired) electrons. The normalized spacial score (nSPS) is 16.2. The van der Waals surface area contributed by atoms with Crippen molar-refractivity contribution in [3.8, 4) is 0 Å². The first-order valence-electron chi connectivity index (χ1n) is 5.35. The molecule has 0 saturated carbocycles. The fourth-order valence-corrected chi connectivity index (χ4v) is 1.50. The molecule has 0 rings (SSSR count). The van der Waals surface area contributed by atoms with Gasteiger partial charge in [0.15, 0.2) is 0 Å². The summed E-state index contributed by atoms with van der Waals surface area (Å²) in [6.45, 7) is 6.64. The Morgan fingerprint density at radius 3 is 2.08 bits per heavy atom. The molecule has 2 atom stereocenters. The van der Waals surface area contributed by atoms with Crippen molar-refractivity contribution in [3.63, 3.8) is 0 Å². The van der Waals surface area contributed by atoms with Gasteiger partial charge in [-0.2, -0.15) is 0 Å². The zero-order valence-electron chi connectivity index (χ0n) is 9.16. The Hall–Kier alpha value is -0.0800. The van der Waals surface area contributed by atoms with Gasteiger partial charge < -0.3 is 10.2 Å². The fraction of sp³-hybridized carbons (Fsp3) is 1.00. The lowest BCUT2D eigenvalue weighted by atomic mass is 9.96. The molecule has 0 aromatic heterocycles. The second-order valence-electron chi connectivity index (χ2n) is 4.48. The maximum absolute atomic E-state index is 9.57. The van der Waals surface area contributed by atoms with E-state index >= 15 is 0 Å². The molecule has 0 aromatic carbocycles. The fourth-order valence-electron chi connectivity index (χ4n) is 1.50. The predicted molar refractivity (Wildman–Crippen MR) is 55.6 cm³/mol. The predicted octanol–water partition coefficient (Wildman–Crippen LogP) is 2.19. The second kappa shape index (κ2) is 7.34. The lowest BCUT2D eigenvalue weighted by molar-refractivity contribution is 0.128. The highest BCUT2D eigenvalue weighted by Gasteiger charge is 2.09. The number of aliphatic hydroxyl groups excluding tert-OH is 2. The van der Waals surface area contributed by atoms with Gasteiger partial charge in [-0.05, 0) is 37.5 Å². The van der Waals surface area contributed by atoms with Crippen LogP contribution < -0.4 is 0 Å². The van der Waals surface area contributed by atoms with Crippen LogP contribution >= 0.6 is 0 Å². The van der Waals surface area contributed by atoms with Gasteiger partial charge in [0.05, 0.1) is 6.10 Å². The lowest BCUT2D eigenvalue weighted by Crippen LogP contribution is -2.12. The summed E-state index contributed by atoms with van der Waals surface area (Å²) in [5.74, 6) is 1.11. The number of hydrogen-bond donors (Lipinski definition) is 2. The van der Waals surface area contributed by atoms with Gasteiger partial charge >= 0.3 is 0 Å². The summed E-state index contributed by atoms with van der Waals surface area (Å²) in [4.78, 5) is 0. The van der Waals surface area contributed by atoms with Crippen molar-refractivity contribution in [2.45, 2.75) is 52.6 Å². The molecule has 2 heteroatoms. The Kier molecular flexibility index (Phi) is 7.29. The van der Waals surface area contributed by atoms with Crippen molar-refractivity contribution in [2.75, 3.05) is 6.61 Å². The van der Waals surface area contributed by atoms with Gasteiger partial charge in [0.1, 0.15) is 0 Å².